The SMILES string of the molecule is COc1cccc(COc2c(Br)cc(N)cc2Br)c1. The third kappa shape index (κ3) is 3.64. The summed E-state index contributed by atoms with van der Waals surface area (Å²) >= 11 is 6.88. The summed E-state index contributed by atoms with van der Waals surface area (Å²) in [5.74, 6) is 1.55. The van der Waals surface area contributed by atoms with Gasteiger partial charge >= 0.3 is 0 Å². The van der Waals surface area contributed by atoms with Crippen molar-refractivity contribution in [2.45, 2.75) is 6.61 Å². The zero-order valence-corrected chi connectivity index (χ0v) is 13.5. The Morgan fingerprint density at radius 2 is 1.79 bits per heavy atom. The summed E-state index contributed by atoms with van der Waals surface area (Å²) in [4.78, 5) is 0. The molecule has 0 spiro atoms. The number of benzene rings is 2. The number of rotatable bonds is 4. The molecule has 0 aromatic heterocycles. The lowest BCUT2D eigenvalue weighted by atomic mass is 10.2. The molecule has 0 aliphatic rings. The van der Waals surface area contributed by atoms with Crippen LogP contribution >= 0.6 is 31.9 Å². The maximum absolute atomic E-state index is 5.80. The molecule has 2 aromatic rings. The molecule has 2 rings (SSSR count). The Morgan fingerprint density at radius 1 is 1.11 bits per heavy atom. The highest BCUT2D eigenvalue weighted by atomic mass is 79.9. The predicted octanol–water partition coefficient (Wildman–Crippen LogP) is 4.38. The van der Waals surface area contributed by atoms with E-state index in [1.54, 1.807) is 7.11 Å². The van der Waals surface area contributed by atoms with Gasteiger partial charge in [-0.2, -0.15) is 0 Å². The molecule has 100 valence electrons. The monoisotopic (exact) mass is 385 g/mol. The Balaban J connectivity index is 2.14. The molecule has 0 saturated carbocycles. The van der Waals surface area contributed by atoms with Gasteiger partial charge in [0.1, 0.15) is 18.1 Å². The topological polar surface area (TPSA) is 44.5 Å². The molecule has 5 heteroatoms. The first-order valence-corrected chi connectivity index (χ1v) is 7.19. The van der Waals surface area contributed by atoms with E-state index in [1.165, 1.54) is 0 Å². The van der Waals surface area contributed by atoms with Gasteiger partial charge in [0.25, 0.3) is 0 Å². The van der Waals surface area contributed by atoms with Crippen LogP contribution in [0.4, 0.5) is 5.69 Å². The van der Waals surface area contributed by atoms with Gasteiger partial charge in [-0.15, -0.1) is 0 Å². The molecular weight excluding hydrogens is 374 g/mol. The highest BCUT2D eigenvalue weighted by Crippen LogP contribution is 2.36. The number of hydrogen-bond acceptors (Lipinski definition) is 3. The standard InChI is InChI=1S/C14H13Br2NO2/c1-18-11-4-2-3-9(5-11)8-19-14-12(15)6-10(17)7-13(14)16/h2-7H,8,17H2,1H3. The van der Waals surface area contributed by atoms with Gasteiger partial charge < -0.3 is 15.2 Å². The van der Waals surface area contributed by atoms with Gasteiger partial charge in [-0.05, 0) is 61.7 Å². The Kier molecular flexibility index (Phi) is 4.71. The van der Waals surface area contributed by atoms with Crippen LogP contribution < -0.4 is 15.2 Å². The van der Waals surface area contributed by atoms with Gasteiger partial charge in [-0.3, -0.25) is 0 Å². The minimum atomic E-state index is 0.457. The lowest BCUT2D eigenvalue weighted by Crippen LogP contribution is -1.98. The zero-order chi connectivity index (χ0) is 13.8. The summed E-state index contributed by atoms with van der Waals surface area (Å²) in [5, 5.41) is 0. The summed E-state index contributed by atoms with van der Waals surface area (Å²) in [6.07, 6.45) is 0. The van der Waals surface area contributed by atoms with Crippen molar-refractivity contribution < 1.29 is 9.47 Å². The summed E-state index contributed by atoms with van der Waals surface area (Å²) < 4.78 is 12.6. The second-order valence-corrected chi connectivity index (χ2v) is 5.66. The van der Waals surface area contributed by atoms with Crippen LogP contribution in [0.5, 0.6) is 11.5 Å². The van der Waals surface area contributed by atoms with Crippen molar-refractivity contribution in [2.24, 2.45) is 0 Å². The van der Waals surface area contributed by atoms with Crippen molar-refractivity contribution >= 4 is 37.5 Å². The van der Waals surface area contributed by atoms with Gasteiger partial charge in [0, 0.05) is 5.69 Å². The van der Waals surface area contributed by atoms with Crippen LogP contribution in [0, 0.1) is 0 Å². The quantitative estimate of drug-likeness (QED) is 0.793. The van der Waals surface area contributed by atoms with Crippen molar-refractivity contribution in [3.63, 3.8) is 0 Å². The van der Waals surface area contributed by atoms with Crippen LogP contribution in [0.1, 0.15) is 5.56 Å². The third-order valence-corrected chi connectivity index (χ3v) is 3.72. The summed E-state index contributed by atoms with van der Waals surface area (Å²) in [6, 6.07) is 11.4. The number of hydrogen-bond donors (Lipinski definition) is 1. The number of methoxy groups -OCH3 is 1. The zero-order valence-electron chi connectivity index (χ0n) is 10.3. The molecule has 0 fully saturated rings. The fourth-order valence-corrected chi connectivity index (χ4v) is 3.09. The average Bonchev–Trinajstić information content (AvgIpc) is 2.37. The number of halogens is 2. The van der Waals surface area contributed by atoms with Gasteiger partial charge in [0.05, 0.1) is 16.1 Å². The summed E-state index contributed by atoms with van der Waals surface area (Å²) in [7, 11) is 1.65. The molecule has 2 N–H and O–H groups in total. The maximum atomic E-state index is 5.80. The van der Waals surface area contributed by atoms with Crippen molar-refractivity contribution in [3.05, 3.63) is 50.9 Å². The van der Waals surface area contributed by atoms with Crippen LogP contribution in [0.15, 0.2) is 45.3 Å². The molecule has 0 radical (unpaired) electrons. The average molecular weight is 387 g/mol. The smallest absolute Gasteiger partial charge is 0.148 e. The van der Waals surface area contributed by atoms with E-state index in [1.807, 2.05) is 36.4 Å². The molecular formula is C14H13Br2NO2. The molecule has 0 aliphatic heterocycles. The van der Waals surface area contributed by atoms with Crippen LogP contribution in [-0.4, -0.2) is 7.11 Å². The van der Waals surface area contributed by atoms with E-state index in [4.69, 9.17) is 15.2 Å². The minimum Gasteiger partial charge on any atom is -0.497 e. The van der Waals surface area contributed by atoms with Crippen molar-refractivity contribution in [3.8, 4) is 11.5 Å². The highest BCUT2D eigenvalue weighted by molar-refractivity contribution is 9.11. The van der Waals surface area contributed by atoms with Gasteiger partial charge in [-0.25, -0.2) is 0 Å². The van der Waals surface area contributed by atoms with E-state index in [-0.39, 0.29) is 0 Å². The van der Waals surface area contributed by atoms with Crippen LogP contribution in [-0.2, 0) is 6.61 Å². The fourth-order valence-electron chi connectivity index (χ4n) is 1.64. The predicted molar refractivity (Wildman–Crippen MR) is 83.6 cm³/mol. The Labute approximate surface area is 129 Å². The lowest BCUT2D eigenvalue weighted by Gasteiger charge is -2.11. The minimum absolute atomic E-state index is 0.457. The molecule has 3 nitrogen and oxygen atoms in total. The normalized spacial score (nSPS) is 10.3. The Morgan fingerprint density at radius 3 is 2.42 bits per heavy atom. The van der Waals surface area contributed by atoms with E-state index in [0.29, 0.717) is 12.3 Å². The number of nitrogens with two attached hydrogens (primary N) is 1. The fraction of sp³-hybridized carbons (Fsp3) is 0.143. The molecule has 19 heavy (non-hydrogen) atoms. The molecule has 0 bridgehead atoms. The molecule has 0 unspecified atom stereocenters. The van der Waals surface area contributed by atoms with E-state index < -0.39 is 0 Å². The molecule has 0 heterocycles. The van der Waals surface area contributed by atoms with Gasteiger partial charge in [0.2, 0.25) is 0 Å². The molecule has 0 aliphatic carbocycles. The number of anilines is 1. The van der Waals surface area contributed by atoms with Crippen LogP contribution in [0.25, 0.3) is 0 Å². The van der Waals surface area contributed by atoms with E-state index in [2.05, 4.69) is 31.9 Å². The van der Waals surface area contributed by atoms with E-state index >= 15 is 0 Å². The second-order valence-electron chi connectivity index (χ2n) is 3.95. The van der Waals surface area contributed by atoms with Crippen molar-refractivity contribution in [1.29, 1.82) is 0 Å². The Bertz CT molecular complexity index is 564. The van der Waals surface area contributed by atoms with Crippen molar-refractivity contribution in [1.82, 2.24) is 0 Å². The number of ether oxygens (including phenoxy) is 2. The lowest BCUT2D eigenvalue weighted by molar-refractivity contribution is 0.301. The summed E-state index contributed by atoms with van der Waals surface area (Å²) in [6.45, 7) is 0.457. The molecule has 0 saturated heterocycles. The highest BCUT2D eigenvalue weighted by Gasteiger charge is 2.08. The van der Waals surface area contributed by atoms with Gasteiger partial charge in [0.15, 0.2) is 0 Å². The second kappa shape index (κ2) is 6.30. The first-order chi connectivity index (χ1) is 9.10. The molecule has 2 aromatic carbocycles. The van der Waals surface area contributed by atoms with Gasteiger partial charge in [-0.1, -0.05) is 12.1 Å². The summed E-state index contributed by atoms with van der Waals surface area (Å²) in [5.41, 5.74) is 7.45. The maximum Gasteiger partial charge on any atom is 0.148 e. The van der Waals surface area contributed by atoms with E-state index in [0.717, 1.165) is 26.0 Å². The van der Waals surface area contributed by atoms with Crippen LogP contribution in [0.2, 0.25) is 0 Å². The number of nitrogen functional groups attached to an aromatic ring is 1. The van der Waals surface area contributed by atoms with E-state index in [9.17, 15) is 0 Å². The molecule has 0 amide bonds. The van der Waals surface area contributed by atoms with Crippen LogP contribution in [0.3, 0.4) is 0 Å². The third-order valence-electron chi connectivity index (χ3n) is 2.54. The Hall–Kier alpha value is -1.20. The van der Waals surface area contributed by atoms with Crippen molar-refractivity contribution in [2.75, 3.05) is 12.8 Å². The first-order valence-electron chi connectivity index (χ1n) is 5.60. The molecule has 0 atom stereocenters. The largest absolute Gasteiger partial charge is 0.497 e. The first kappa shape index (κ1) is 14.2.